The van der Waals surface area contributed by atoms with E-state index in [1.165, 1.54) is 0 Å². The minimum absolute atomic E-state index is 0.0970. The predicted molar refractivity (Wildman–Crippen MR) is 90.8 cm³/mol. The molecule has 0 saturated carbocycles. The summed E-state index contributed by atoms with van der Waals surface area (Å²) in [5, 5.41) is 0. The molecule has 0 aliphatic carbocycles. The molecule has 0 N–H and O–H groups in total. The number of carbonyl (C=O) groups is 2. The van der Waals surface area contributed by atoms with Gasteiger partial charge < -0.3 is 9.47 Å². The Bertz CT molecular complexity index is 535. The van der Waals surface area contributed by atoms with Gasteiger partial charge in [0.25, 0.3) is 0 Å². The first kappa shape index (κ1) is 19.2. The summed E-state index contributed by atoms with van der Waals surface area (Å²) in [6.45, 7) is 11.9. The third-order valence-electron chi connectivity index (χ3n) is 3.82. The molecule has 0 saturated heterocycles. The molecule has 0 spiro atoms. The molecule has 0 aliphatic rings. The molecule has 4 nitrogen and oxygen atoms in total. The zero-order valence-corrected chi connectivity index (χ0v) is 15.1. The van der Waals surface area contributed by atoms with Crippen molar-refractivity contribution >= 4 is 11.8 Å². The van der Waals surface area contributed by atoms with E-state index in [2.05, 4.69) is 0 Å². The van der Waals surface area contributed by atoms with Crippen LogP contribution in [0.25, 0.3) is 0 Å². The van der Waals surface area contributed by atoms with E-state index in [0.717, 1.165) is 6.42 Å². The van der Waals surface area contributed by atoms with E-state index in [0.29, 0.717) is 11.3 Å². The lowest BCUT2D eigenvalue weighted by Gasteiger charge is -2.20. The third-order valence-corrected chi connectivity index (χ3v) is 3.82. The maximum absolute atomic E-state index is 12.1. The molecule has 1 aromatic rings. The highest BCUT2D eigenvalue weighted by Gasteiger charge is 2.26. The first-order valence-electron chi connectivity index (χ1n) is 8.03. The van der Waals surface area contributed by atoms with E-state index in [1.807, 2.05) is 41.5 Å². The van der Waals surface area contributed by atoms with E-state index in [9.17, 15) is 9.59 Å². The second-order valence-electron chi connectivity index (χ2n) is 7.33. The van der Waals surface area contributed by atoms with Crippen LogP contribution in [0.2, 0.25) is 0 Å². The zero-order valence-electron chi connectivity index (χ0n) is 15.1. The molecule has 1 rings (SSSR count). The highest BCUT2D eigenvalue weighted by molar-refractivity contribution is 5.99. The van der Waals surface area contributed by atoms with Crippen molar-refractivity contribution in [1.29, 1.82) is 0 Å². The van der Waals surface area contributed by atoms with Gasteiger partial charge in [0.05, 0.1) is 5.41 Å². The summed E-state index contributed by atoms with van der Waals surface area (Å²) in [4.78, 5) is 23.9. The van der Waals surface area contributed by atoms with Crippen molar-refractivity contribution in [1.82, 2.24) is 0 Å². The van der Waals surface area contributed by atoms with Crippen LogP contribution in [0.3, 0.4) is 0 Å². The molecule has 128 valence electrons. The summed E-state index contributed by atoms with van der Waals surface area (Å²) >= 11 is 0. The molecule has 0 fully saturated rings. The molecule has 4 heteroatoms. The predicted octanol–water partition coefficient (Wildman–Crippen LogP) is 4.27. The normalized spacial score (nSPS) is 11.9. The van der Waals surface area contributed by atoms with Gasteiger partial charge in [-0.25, -0.2) is 0 Å². The molecule has 0 bridgehead atoms. The molecule has 0 aromatic heterocycles. The highest BCUT2D eigenvalue weighted by atomic mass is 16.6. The van der Waals surface area contributed by atoms with Crippen LogP contribution in [0, 0.1) is 10.8 Å². The van der Waals surface area contributed by atoms with Crippen LogP contribution in [0.15, 0.2) is 24.3 Å². The van der Waals surface area contributed by atoms with Crippen LogP contribution in [-0.4, -0.2) is 25.0 Å². The molecule has 0 unspecified atom stereocenters. The molecule has 0 aliphatic heterocycles. The SMILES string of the molecule is CCC(C)(C)C(=O)OCCOc1ccc(C(=O)C(C)(C)C)cc1. The second-order valence-corrected chi connectivity index (χ2v) is 7.33. The Balaban J connectivity index is 2.46. The first-order valence-corrected chi connectivity index (χ1v) is 8.03. The Kier molecular flexibility index (Phi) is 6.37. The largest absolute Gasteiger partial charge is 0.490 e. The lowest BCUT2D eigenvalue weighted by molar-refractivity contribution is -0.154. The van der Waals surface area contributed by atoms with Gasteiger partial charge in [0.1, 0.15) is 19.0 Å². The lowest BCUT2D eigenvalue weighted by atomic mass is 9.86. The summed E-state index contributed by atoms with van der Waals surface area (Å²) in [5.41, 5.74) is -0.196. The number of ether oxygens (including phenoxy) is 2. The van der Waals surface area contributed by atoms with Gasteiger partial charge in [-0.05, 0) is 44.5 Å². The van der Waals surface area contributed by atoms with Crippen molar-refractivity contribution in [3.8, 4) is 5.75 Å². The van der Waals surface area contributed by atoms with Crippen LogP contribution < -0.4 is 4.74 Å². The zero-order chi connectivity index (χ0) is 17.7. The van der Waals surface area contributed by atoms with Gasteiger partial charge in [-0.1, -0.05) is 27.7 Å². The van der Waals surface area contributed by atoms with Crippen LogP contribution in [0.4, 0.5) is 0 Å². The average Bonchev–Trinajstić information content (AvgIpc) is 2.50. The fourth-order valence-electron chi connectivity index (χ4n) is 1.77. The van der Waals surface area contributed by atoms with Gasteiger partial charge in [0.15, 0.2) is 5.78 Å². The number of hydrogen-bond acceptors (Lipinski definition) is 4. The van der Waals surface area contributed by atoms with Gasteiger partial charge in [-0.15, -0.1) is 0 Å². The van der Waals surface area contributed by atoms with Crippen LogP contribution in [0.1, 0.15) is 58.3 Å². The molecule has 1 aromatic carbocycles. The quantitative estimate of drug-likeness (QED) is 0.427. The van der Waals surface area contributed by atoms with Crippen molar-refractivity contribution in [3.63, 3.8) is 0 Å². The molecule has 0 atom stereocenters. The summed E-state index contributed by atoms with van der Waals surface area (Å²) in [6.07, 6.45) is 0.732. The Labute approximate surface area is 139 Å². The van der Waals surface area contributed by atoms with Crippen LogP contribution in [-0.2, 0) is 9.53 Å². The van der Waals surface area contributed by atoms with Crippen molar-refractivity contribution in [2.24, 2.45) is 10.8 Å². The van der Waals surface area contributed by atoms with Crippen molar-refractivity contribution in [3.05, 3.63) is 29.8 Å². The van der Waals surface area contributed by atoms with Crippen LogP contribution >= 0.6 is 0 Å². The Hall–Kier alpha value is -1.84. The van der Waals surface area contributed by atoms with E-state index in [-0.39, 0.29) is 25.0 Å². The number of Topliss-reactive ketones (excluding diaryl/α,β-unsaturated/α-hetero) is 1. The number of rotatable bonds is 7. The fourth-order valence-corrected chi connectivity index (χ4v) is 1.77. The standard InChI is InChI=1S/C19H28O4/c1-7-19(5,6)17(21)23-13-12-22-15-10-8-14(9-11-15)16(20)18(2,3)4/h8-11H,7,12-13H2,1-6H3. The van der Waals surface area contributed by atoms with Gasteiger partial charge >= 0.3 is 5.97 Å². The minimum Gasteiger partial charge on any atom is -0.490 e. The smallest absolute Gasteiger partial charge is 0.311 e. The Morgan fingerprint density at radius 2 is 1.52 bits per heavy atom. The lowest BCUT2D eigenvalue weighted by Crippen LogP contribution is -2.27. The summed E-state index contributed by atoms with van der Waals surface area (Å²) in [7, 11) is 0. The molecule has 23 heavy (non-hydrogen) atoms. The van der Waals surface area contributed by atoms with E-state index >= 15 is 0 Å². The van der Waals surface area contributed by atoms with Gasteiger partial charge in [-0.3, -0.25) is 9.59 Å². The number of benzene rings is 1. The van der Waals surface area contributed by atoms with E-state index in [4.69, 9.17) is 9.47 Å². The van der Waals surface area contributed by atoms with Gasteiger partial charge in [0.2, 0.25) is 0 Å². The summed E-state index contributed by atoms with van der Waals surface area (Å²) in [6, 6.07) is 7.04. The minimum atomic E-state index is -0.463. The Morgan fingerprint density at radius 3 is 2.00 bits per heavy atom. The van der Waals surface area contributed by atoms with Crippen molar-refractivity contribution in [2.45, 2.75) is 48.0 Å². The molecule has 0 heterocycles. The maximum Gasteiger partial charge on any atom is 0.311 e. The number of carbonyl (C=O) groups excluding carboxylic acids is 2. The number of esters is 1. The first-order chi connectivity index (χ1) is 10.6. The third kappa shape index (κ3) is 5.70. The molecule has 0 radical (unpaired) electrons. The molecule has 0 amide bonds. The molecular formula is C19H28O4. The summed E-state index contributed by atoms with van der Waals surface area (Å²) in [5.74, 6) is 0.538. The highest BCUT2D eigenvalue weighted by Crippen LogP contribution is 2.23. The van der Waals surface area contributed by atoms with Crippen molar-refractivity contribution in [2.75, 3.05) is 13.2 Å². The maximum atomic E-state index is 12.1. The van der Waals surface area contributed by atoms with Crippen LogP contribution in [0.5, 0.6) is 5.75 Å². The fraction of sp³-hybridized carbons (Fsp3) is 0.579. The summed E-state index contributed by atoms with van der Waals surface area (Å²) < 4.78 is 10.7. The topological polar surface area (TPSA) is 52.6 Å². The average molecular weight is 320 g/mol. The van der Waals surface area contributed by atoms with E-state index in [1.54, 1.807) is 24.3 Å². The van der Waals surface area contributed by atoms with E-state index < -0.39 is 10.8 Å². The second kappa shape index (κ2) is 7.62. The monoisotopic (exact) mass is 320 g/mol. The van der Waals surface area contributed by atoms with Crippen molar-refractivity contribution < 1.29 is 19.1 Å². The number of hydrogen-bond donors (Lipinski definition) is 0. The van der Waals surface area contributed by atoms with Gasteiger partial charge in [0, 0.05) is 11.0 Å². The Morgan fingerprint density at radius 1 is 0.957 bits per heavy atom. The number of ketones is 1. The van der Waals surface area contributed by atoms with Gasteiger partial charge in [-0.2, -0.15) is 0 Å². The molecular weight excluding hydrogens is 292 g/mol.